The van der Waals surface area contributed by atoms with E-state index in [1.54, 1.807) is 54.6 Å². The molecule has 0 N–H and O–H groups in total. The second-order valence-electron chi connectivity index (χ2n) is 5.73. The zero-order valence-electron chi connectivity index (χ0n) is 14.1. The van der Waals surface area contributed by atoms with E-state index in [0.29, 0.717) is 33.6 Å². The molecule has 0 heterocycles. The number of ether oxygens (including phenoxy) is 1. The molecule has 4 nitrogen and oxygen atoms in total. The van der Waals surface area contributed by atoms with Gasteiger partial charge in [0, 0.05) is 11.1 Å². The van der Waals surface area contributed by atoms with Crippen LogP contribution >= 0.6 is 0 Å². The summed E-state index contributed by atoms with van der Waals surface area (Å²) in [6.07, 6.45) is 0. The standard InChI is InChI=1S/C22H13FN2O2/c23-19-3-1-2-18(11-19)20-10-16(13-25)6-9-22(20)27-14-21(26)17-7-4-15(12-24)5-8-17/h1-11H,14H2. The fourth-order valence-electron chi connectivity index (χ4n) is 2.56. The minimum Gasteiger partial charge on any atom is -0.485 e. The van der Waals surface area contributed by atoms with E-state index in [2.05, 4.69) is 0 Å². The minimum atomic E-state index is -0.408. The van der Waals surface area contributed by atoms with Crippen LogP contribution in [0, 0.1) is 28.5 Å². The number of rotatable bonds is 5. The molecule has 3 aromatic carbocycles. The predicted molar refractivity (Wildman–Crippen MR) is 97.5 cm³/mol. The van der Waals surface area contributed by atoms with Crippen molar-refractivity contribution in [3.63, 3.8) is 0 Å². The molecule has 27 heavy (non-hydrogen) atoms. The first-order valence-electron chi connectivity index (χ1n) is 8.07. The molecular weight excluding hydrogens is 343 g/mol. The number of ketones is 1. The summed E-state index contributed by atoms with van der Waals surface area (Å²) >= 11 is 0. The zero-order chi connectivity index (χ0) is 19.2. The van der Waals surface area contributed by atoms with Crippen LogP contribution in [0.5, 0.6) is 5.75 Å². The second-order valence-corrected chi connectivity index (χ2v) is 5.73. The van der Waals surface area contributed by atoms with Crippen LogP contribution in [-0.4, -0.2) is 12.4 Å². The van der Waals surface area contributed by atoms with Crippen LogP contribution in [0.2, 0.25) is 0 Å². The molecule has 0 aliphatic heterocycles. The van der Waals surface area contributed by atoms with Crippen molar-refractivity contribution in [2.45, 2.75) is 0 Å². The Labute approximate surface area is 155 Å². The molecule has 0 saturated carbocycles. The van der Waals surface area contributed by atoms with Crippen LogP contribution in [0.25, 0.3) is 11.1 Å². The summed E-state index contributed by atoms with van der Waals surface area (Å²) in [5.41, 5.74) is 2.37. The van der Waals surface area contributed by atoms with Gasteiger partial charge in [-0.05, 0) is 60.2 Å². The van der Waals surface area contributed by atoms with E-state index in [-0.39, 0.29) is 12.4 Å². The third-order valence-electron chi connectivity index (χ3n) is 3.94. The normalized spacial score (nSPS) is 9.89. The molecule has 0 saturated heterocycles. The quantitative estimate of drug-likeness (QED) is 0.631. The highest BCUT2D eigenvalue weighted by Gasteiger charge is 2.12. The van der Waals surface area contributed by atoms with E-state index >= 15 is 0 Å². The fraction of sp³-hybridized carbons (Fsp3) is 0.0455. The van der Waals surface area contributed by atoms with Gasteiger partial charge in [0.05, 0.1) is 23.3 Å². The lowest BCUT2D eigenvalue weighted by Crippen LogP contribution is -2.12. The van der Waals surface area contributed by atoms with Gasteiger partial charge >= 0.3 is 0 Å². The van der Waals surface area contributed by atoms with Crippen LogP contribution in [0.4, 0.5) is 4.39 Å². The minimum absolute atomic E-state index is 0.222. The Morgan fingerprint density at radius 2 is 1.63 bits per heavy atom. The van der Waals surface area contributed by atoms with Crippen LogP contribution in [-0.2, 0) is 0 Å². The SMILES string of the molecule is N#Cc1ccc(C(=O)COc2ccc(C#N)cc2-c2cccc(F)c2)cc1. The van der Waals surface area contributed by atoms with Gasteiger partial charge in [-0.3, -0.25) is 4.79 Å². The van der Waals surface area contributed by atoms with Crippen molar-refractivity contribution in [3.05, 3.63) is 89.2 Å². The van der Waals surface area contributed by atoms with E-state index in [0.717, 1.165) is 0 Å². The van der Waals surface area contributed by atoms with Crippen molar-refractivity contribution in [3.8, 4) is 29.0 Å². The number of hydrogen-bond acceptors (Lipinski definition) is 4. The Morgan fingerprint density at radius 3 is 2.30 bits per heavy atom. The lowest BCUT2D eigenvalue weighted by molar-refractivity contribution is 0.0922. The predicted octanol–water partition coefficient (Wildman–Crippen LogP) is 4.50. The van der Waals surface area contributed by atoms with E-state index < -0.39 is 5.82 Å². The molecule has 0 fully saturated rings. The molecule has 0 unspecified atom stereocenters. The summed E-state index contributed by atoms with van der Waals surface area (Å²) < 4.78 is 19.2. The van der Waals surface area contributed by atoms with Gasteiger partial charge in [-0.1, -0.05) is 12.1 Å². The zero-order valence-corrected chi connectivity index (χ0v) is 14.1. The molecule has 0 radical (unpaired) electrons. The molecule has 0 bridgehead atoms. The molecule has 0 atom stereocenters. The molecule has 3 rings (SSSR count). The van der Waals surface area contributed by atoms with Crippen molar-refractivity contribution < 1.29 is 13.9 Å². The number of benzene rings is 3. The van der Waals surface area contributed by atoms with Gasteiger partial charge in [-0.15, -0.1) is 0 Å². The Hall–Kier alpha value is -3.96. The van der Waals surface area contributed by atoms with Crippen LogP contribution in [0.1, 0.15) is 21.5 Å². The van der Waals surface area contributed by atoms with Gasteiger partial charge in [-0.2, -0.15) is 10.5 Å². The smallest absolute Gasteiger partial charge is 0.200 e. The molecule has 5 heteroatoms. The third kappa shape index (κ3) is 4.18. The van der Waals surface area contributed by atoms with Crippen molar-refractivity contribution in [2.75, 3.05) is 6.61 Å². The summed E-state index contributed by atoms with van der Waals surface area (Å²) in [7, 11) is 0. The maximum Gasteiger partial charge on any atom is 0.200 e. The van der Waals surface area contributed by atoms with Gasteiger partial charge in [0.15, 0.2) is 12.4 Å². The Bertz CT molecular complexity index is 1080. The molecule has 3 aromatic rings. The van der Waals surface area contributed by atoms with Crippen molar-refractivity contribution in [1.82, 2.24) is 0 Å². The van der Waals surface area contributed by atoms with Gasteiger partial charge < -0.3 is 4.74 Å². The largest absolute Gasteiger partial charge is 0.485 e. The summed E-state index contributed by atoms with van der Waals surface area (Å²) in [4.78, 5) is 12.3. The number of Topliss-reactive ketones (excluding diaryl/α,β-unsaturated/α-hetero) is 1. The van der Waals surface area contributed by atoms with Gasteiger partial charge in [0.2, 0.25) is 0 Å². The van der Waals surface area contributed by atoms with E-state index in [1.807, 2.05) is 12.1 Å². The van der Waals surface area contributed by atoms with Gasteiger partial charge in [0.25, 0.3) is 0 Å². The van der Waals surface area contributed by atoms with Crippen LogP contribution in [0.15, 0.2) is 66.7 Å². The number of carbonyl (C=O) groups is 1. The molecule has 0 aliphatic rings. The highest BCUT2D eigenvalue weighted by atomic mass is 19.1. The summed E-state index contributed by atoms with van der Waals surface area (Å²) in [6.45, 7) is -0.222. The maximum atomic E-state index is 13.6. The number of halogens is 1. The lowest BCUT2D eigenvalue weighted by Gasteiger charge is -2.12. The van der Waals surface area contributed by atoms with Crippen LogP contribution in [0.3, 0.4) is 0 Å². The first-order chi connectivity index (χ1) is 13.1. The number of carbonyl (C=O) groups excluding carboxylic acids is 1. The highest BCUT2D eigenvalue weighted by Crippen LogP contribution is 2.31. The number of nitrogens with zero attached hydrogens (tertiary/aromatic N) is 2. The molecule has 0 aromatic heterocycles. The first-order valence-corrected chi connectivity index (χ1v) is 8.07. The Morgan fingerprint density at radius 1 is 0.926 bits per heavy atom. The topological polar surface area (TPSA) is 73.9 Å². The maximum absolute atomic E-state index is 13.6. The van der Waals surface area contributed by atoms with E-state index in [1.165, 1.54) is 12.1 Å². The molecule has 130 valence electrons. The van der Waals surface area contributed by atoms with Gasteiger partial charge in [-0.25, -0.2) is 4.39 Å². The Kier molecular flexibility index (Phi) is 5.25. The summed E-state index contributed by atoms with van der Waals surface area (Å²) in [6, 6.07) is 21.0. The molecule has 0 spiro atoms. The third-order valence-corrected chi connectivity index (χ3v) is 3.94. The fourth-order valence-corrected chi connectivity index (χ4v) is 2.56. The molecule has 0 aliphatic carbocycles. The van der Waals surface area contributed by atoms with Crippen molar-refractivity contribution in [2.24, 2.45) is 0 Å². The average Bonchev–Trinajstić information content (AvgIpc) is 2.72. The van der Waals surface area contributed by atoms with Crippen molar-refractivity contribution in [1.29, 1.82) is 10.5 Å². The Balaban J connectivity index is 1.85. The lowest BCUT2D eigenvalue weighted by atomic mass is 10.0. The monoisotopic (exact) mass is 356 g/mol. The second kappa shape index (κ2) is 7.95. The van der Waals surface area contributed by atoms with Crippen molar-refractivity contribution >= 4 is 5.78 Å². The molecule has 0 amide bonds. The molecular formula is C22H13FN2O2. The highest BCUT2D eigenvalue weighted by molar-refractivity contribution is 5.97. The first kappa shape index (κ1) is 17.8. The van der Waals surface area contributed by atoms with E-state index in [4.69, 9.17) is 15.3 Å². The summed E-state index contributed by atoms with van der Waals surface area (Å²) in [5.74, 6) is -0.287. The van der Waals surface area contributed by atoms with E-state index in [9.17, 15) is 9.18 Å². The number of nitriles is 2. The van der Waals surface area contributed by atoms with Gasteiger partial charge in [0.1, 0.15) is 11.6 Å². The number of hydrogen-bond donors (Lipinski definition) is 0. The van der Waals surface area contributed by atoms with Crippen LogP contribution < -0.4 is 4.74 Å². The summed E-state index contributed by atoms with van der Waals surface area (Å²) in [5, 5.41) is 17.9. The average molecular weight is 356 g/mol.